The summed E-state index contributed by atoms with van der Waals surface area (Å²) in [4.78, 5) is 30.7. The van der Waals surface area contributed by atoms with E-state index in [1.807, 2.05) is 13.1 Å². The highest BCUT2D eigenvalue weighted by Gasteiger charge is 2.24. The average Bonchev–Trinajstić information content (AvgIpc) is 3.61. The highest BCUT2D eigenvalue weighted by atomic mass is 16.1. The number of nitrogens with one attached hydrogen (secondary N) is 2. The molecule has 1 saturated carbocycles. The van der Waals surface area contributed by atoms with Crippen LogP contribution in [0.25, 0.3) is 16.6 Å². The number of hydrogen-bond donors (Lipinski definition) is 2. The smallest absolute Gasteiger partial charge is 0.181 e. The number of amidine groups is 1. The van der Waals surface area contributed by atoms with E-state index in [9.17, 15) is 4.79 Å². The number of nitrogens with zero attached hydrogens (tertiary/aromatic N) is 3. The number of dihydropyridines is 1. The summed E-state index contributed by atoms with van der Waals surface area (Å²) in [5.41, 5.74) is 7.24. The van der Waals surface area contributed by atoms with Crippen LogP contribution in [0.3, 0.4) is 0 Å². The molecule has 2 aliphatic heterocycles. The number of pyridine rings is 1. The van der Waals surface area contributed by atoms with Crippen LogP contribution in [0.1, 0.15) is 83.9 Å². The van der Waals surface area contributed by atoms with Crippen LogP contribution in [0, 0.1) is 5.92 Å². The minimum absolute atomic E-state index is 0.169. The van der Waals surface area contributed by atoms with Crippen molar-refractivity contribution in [2.75, 3.05) is 0 Å². The molecule has 0 bridgehead atoms. The van der Waals surface area contributed by atoms with Crippen molar-refractivity contribution in [2.45, 2.75) is 91.1 Å². The third kappa shape index (κ3) is 6.00. The number of rotatable bonds is 8. The maximum absolute atomic E-state index is 12.9. The Labute approximate surface area is 220 Å². The van der Waals surface area contributed by atoms with Gasteiger partial charge in [0.1, 0.15) is 17.2 Å². The monoisotopic (exact) mass is 497 g/mol. The van der Waals surface area contributed by atoms with Crippen molar-refractivity contribution in [2.24, 2.45) is 15.9 Å². The molecule has 6 heteroatoms. The summed E-state index contributed by atoms with van der Waals surface area (Å²) in [6.07, 6.45) is 15.9. The van der Waals surface area contributed by atoms with Gasteiger partial charge in [-0.2, -0.15) is 0 Å². The van der Waals surface area contributed by atoms with Crippen molar-refractivity contribution in [3.05, 3.63) is 59.1 Å². The summed E-state index contributed by atoms with van der Waals surface area (Å²) in [6, 6.07) is 5.10. The lowest BCUT2D eigenvalue weighted by Gasteiger charge is -2.21. The first-order chi connectivity index (χ1) is 17.9. The molecule has 2 aromatic heterocycles. The van der Waals surface area contributed by atoms with Crippen molar-refractivity contribution in [1.29, 1.82) is 0 Å². The lowest BCUT2D eigenvalue weighted by molar-refractivity contribution is -0.113. The zero-order chi connectivity index (χ0) is 25.9. The van der Waals surface area contributed by atoms with E-state index in [2.05, 4.69) is 66.5 Å². The number of carbonyl (C=O) groups excluding carboxylic acids is 1. The normalized spacial score (nSPS) is 24.9. The molecule has 5 rings (SSSR count). The Morgan fingerprint density at radius 1 is 1.22 bits per heavy atom. The molecule has 37 heavy (non-hydrogen) atoms. The first-order valence-corrected chi connectivity index (χ1v) is 13.9. The van der Waals surface area contributed by atoms with Gasteiger partial charge in [0, 0.05) is 41.4 Å². The Morgan fingerprint density at radius 2 is 2.05 bits per heavy atom. The largest absolute Gasteiger partial charge is 0.350 e. The minimum Gasteiger partial charge on any atom is -0.350 e. The molecule has 6 nitrogen and oxygen atoms in total. The maximum Gasteiger partial charge on any atom is 0.181 e. The van der Waals surface area contributed by atoms with E-state index < -0.39 is 0 Å². The van der Waals surface area contributed by atoms with Crippen LogP contribution in [-0.4, -0.2) is 39.4 Å². The Balaban J connectivity index is 1.24. The zero-order valence-electron chi connectivity index (χ0n) is 22.6. The Morgan fingerprint density at radius 3 is 2.84 bits per heavy atom. The highest BCUT2D eigenvalue weighted by molar-refractivity contribution is 6.46. The van der Waals surface area contributed by atoms with Gasteiger partial charge in [0.25, 0.3) is 0 Å². The van der Waals surface area contributed by atoms with Gasteiger partial charge in [-0.1, -0.05) is 31.6 Å². The van der Waals surface area contributed by atoms with Gasteiger partial charge >= 0.3 is 0 Å². The van der Waals surface area contributed by atoms with Crippen molar-refractivity contribution in [3.8, 4) is 0 Å². The number of fused-ring (bicyclic) bond motifs is 1. The van der Waals surface area contributed by atoms with Gasteiger partial charge in [-0.05, 0) is 82.1 Å². The number of allylic oxidation sites excluding steroid dienone is 4. The molecule has 1 aliphatic carbocycles. The summed E-state index contributed by atoms with van der Waals surface area (Å²) in [5, 5.41) is 4.57. The Hall–Kier alpha value is -3.28. The molecule has 194 valence electrons. The second-order valence-corrected chi connectivity index (χ2v) is 10.9. The number of aryl methyl sites for hydroxylation is 1. The first kappa shape index (κ1) is 25.4. The van der Waals surface area contributed by atoms with Crippen LogP contribution in [0.2, 0.25) is 0 Å². The van der Waals surface area contributed by atoms with Crippen molar-refractivity contribution >= 4 is 33.9 Å². The molecule has 2 unspecified atom stereocenters. The lowest BCUT2D eigenvalue weighted by Crippen LogP contribution is -2.26. The number of aromatic amines is 1. The standard InChI is InChI=1S/C31H39N5O/c1-5-25-14-20(3)21(4)29(34-25)28(37)11-7-9-22-15-24-16-27(36-31(24)32-17-22)23-10-6-8-19(2)30(33-18-23)35-26-12-13-26/h6,10,15-19,25-26H,5,7-9,11-14H2,1-4H3,(H,32,36)(H,33,35)/b10-6?,23-18+. The van der Waals surface area contributed by atoms with Gasteiger partial charge in [-0.15, -0.1) is 0 Å². The average molecular weight is 498 g/mol. The first-order valence-electron chi connectivity index (χ1n) is 13.9. The molecule has 0 radical (unpaired) electrons. The van der Waals surface area contributed by atoms with Crippen molar-refractivity contribution in [1.82, 2.24) is 15.3 Å². The number of aromatic nitrogens is 2. The highest BCUT2D eigenvalue weighted by Crippen LogP contribution is 2.27. The van der Waals surface area contributed by atoms with Crippen LogP contribution < -0.4 is 5.32 Å². The zero-order valence-corrected chi connectivity index (χ0v) is 22.6. The van der Waals surface area contributed by atoms with Crippen LogP contribution >= 0.6 is 0 Å². The van der Waals surface area contributed by atoms with Gasteiger partial charge in [0.2, 0.25) is 0 Å². The van der Waals surface area contributed by atoms with E-state index in [0.717, 1.165) is 71.4 Å². The molecule has 2 atom stereocenters. The molecule has 2 N–H and O–H groups in total. The number of aliphatic imine (C=N–C) groups is 2. The number of Topliss-reactive ketones (excluding diaryl/α,β-unsaturated/α-hetero) is 1. The summed E-state index contributed by atoms with van der Waals surface area (Å²) in [5.74, 6) is 1.65. The molecule has 0 spiro atoms. The fourth-order valence-corrected chi connectivity index (χ4v) is 5.06. The van der Waals surface area contributed by atoms with E-state index >= 15 is 0 Å². The predicted molar refractivity (Wildman–Crippen MR) is 153 cm³/mol. The van der Waals surface area contributed by atoms with Gasteiger partial charge in [0.15, 0.2) is 5.78 Å². The van der Waals surface area contributed by atoms with Gasteiger partial charge < -0.3 is 10.3 Å². The summed E-state index contributed by atoms with van der Waals surface area (Å²) >= 11 is 0. The molecule has 2 aromatic rings. The molecule has 3 aliphatic rings. The predicted octanol–water partition coefficient (Wildman–Crippen LogP) is 6.50. The quantitative estimate of drug-likeness (QED) is 0.437. The van der Waals surface area contributed by atoms with Crippen molar-refractivity contribution < 1.29 is 4.79 Å². The number of H-pyrrole nitrogens is 1. The Bertz CT molecular complexity index is 1330. The van der Waals surface area contributed by atoms with E-state index in [0.29, 0.717) is 24.1 Å². The molecule has 4 heterocycles. The summed E-state index contributed by atoms with van der Waals surface area (Å²) < 4.78 is 0. The third-order valence-corrected chi connectivity index (χ3v) is 7.79. The van der Waals surface area contributed by atoms with Gasteiger partial charge in [-0.25, -0.2) is 4.98 Å². The fraction of sp³-hybridized carbons (Fsp3) is 0.484. The summed E-state index contributed by atoms with van der Waals surface area (Å²) in [6.45, 7) is 8.53. The van der Waals surface area contributed by atoms with Crippen LogP contribution in [-0.2, 0) is 11.2 Å². The molecule has 1 fully saturated rings. The molecule has 0 amide bonds. The second kappa shape index (κ2) is 11.0. The van der Waals surface area contributed by atoms with E-state index in [1.54, 1.807) is 0 Å². The van der Waals surface area contributed by atoms with Crippen LogP contribution in [0.5, 0.6) is 0 Å². The SMILES string of the molecule is CCC1CC(C)=C(C)C(C(=O)CCCc2cnc3[nH]c(/C4=C/NC(=NC5CC5)C(C)CC=C4)cc3c2)=N1. The second-order valence-electron chi connectivity index (χ2n) is 10.9. The van der Waals surface area contributed by atoms with Crippen LogP contribution in [0.4, 0.5) is 0 Å². The van der Waals surface area contributed by atoms with E-state index in [4.69, 9.17) is 9.98 Å². The number of ketones is 1. The maximum atomic E-state index is 12.9. The minimum atomic E-state index is 0.169. The summed E-state index contributed by atoms with van der Waals surface area (Å²) in [7, 11) is 0. The van der Waals surface area contributed by atoms with Crippen LogP contribution in [0.15, 0.2) is 57.8 Å². The third-order valence-electron chi connectivity index (χ3n) is 7.79. The van der Waals surface area contributed by atoms with E-state index in [1.165, 1.54) is 18.4 Å². The number of hydrogen-bond acceptors (Lipinski definition) is 4. The fourth-order valence-electron chi connectivity index (χ4n) is 5.06. The molecular weight excluding hydrogens is 458 g/mol. The topological polar surface area (TPSA) is 82.5 Å². The van der Waals surface area contributed by atoms with Crippen molar-refractivity contribution in [3.63, 3.8) is 0 Å². The lowest BCUT2D eigenvalue weighted by atomic mass is 9.91. The Kier molecular flexibility index (Phi) is 7.54. The van der Waals surface area contributed by atoms with Gasteiger partial charge in [0.05, 0.1) is 12.1 Å². The van der Waals surface area contributed by atoms with Gasteiger partial charge in [-0.3, -0.25) is 14.8 Å². The molecular formula is C31H39N5O. The molecule has 0 saturated heterocycles. The van der Waals surface area contributed by atoms with E-state index in [-0.39, 0.29) is 11.8 Å². The molecule has 0 aromatic carbocycles. The number of carbonyl (C=O) groups is 1.